The van der Waals surface area contributed by atoms with Gasteiger partial charge in [-0.1, -0.05) is 44.2 Å². The monoisotopic (exact) mass is 289 g/mol. The fraction of sp³-hybridized carbons (Fsp3) is 0.588. The Bertz CT molecular complexity index is 433. The average Bonchev–Trinajstić information content (AvgIpc) is 2.92. The van der Waals surface area contributed by atoms with Crippen molar-refractivity contribution in [3.63, 3.8) is 0 Å². The molecule has 2 rings (SSSR count). The van der Waals surface area contributed by atoms with Crippen LogP contribution >= 0.6 is 0 Å². The number of carbonyl (C=O) groups is 1. The molecule has 21 heavy (non-hydrogen) atoms. The maximum atomic E-state index is 11.4. The van der Waals surface area contributed by atoms with Crippen molar-refractivity contribution < 1.29 is 4.79 Å². The Morgan fingerprint density at radius 2 is 2.05 bits per heavy atom. The van der Waals surface area contributed by atoms with Gasteiger partial charge in [0.05, 0.1) is 0 Å². The highest BCUT2D eigenvalue weighted by molar-refractivity contribution is 5.77. The van der Waals surface area contributed by atoms with Crippen molar-refractivity contribution in [1.82, 2.24) is 15.5 Å². The van der Waals surface area contributed by atoms with Crippen molar-refractivity contribution in [3.05, 3.63) is 35.9 Å². The molecule has 116 valence electrons. The van der Waals surface area contributed by atoms with Crippen LogP contribution in [0, 0.1) is 5.92 Å². The van der Waals surface area contributed by atoms with Gasteiger partial charge in [0, 0.05) is 44.7 Å². The van der Waals surface area contributed by atoms with Crippen LogP contribution < -0.4 is 10.6 Å². The first kappa shape index (κ1) is 16.0. The maximum Gasteiger partial charge on any atom is 0.222 e. The molecule has 1 aliphatic heterocycles. The smallest absolute Gasteiger partial charge is 0.222 e. The van der Waals surface area contributed by atoms with E-state index >= 15 is 0 Å². The van der Waals surface area contributed by atoms with Crippen LogP contribution in [0.25, 0.3) is 0 Å². The molecule has 0 radical (unpaired) electrons. The van der Waals surface area contributed by atoms with Crippen LogP contribution in [-0.2, 0) is 11.3 Å². The molecule has 0 bridgehead atoms. The summed E-state index contributed by atoms with van der Waals surface area (Å²) in [5.74, 6) is 0.201. The fourth-order valence-corrected chi connectivity index (χ4v) is 2.65. The van der Waals surface area contributed by atoms with Gasteiger partial charge in [0.1, 0.15) is 0 Å². The molecule has 1 aliphatic rings. The number of carbonyl (C=O) groups excluding carboxylic acids is 1. The molecule has 2 N–H and O–H groups in total. The van der Waals surface area contributed by atoms with Gasteiger partial charge in [-0.25, -0.2) is 0 Å². The van der Waals surface area contributed by atoms with Crippen LogP contribution in [0.5, 0.6) is 0 Å². The molecular formula is C17H27N3O. The zero-order chi connectivity index (χ0) is 15.1. The third-order valence-corrected chi connectivity index (χ3v) is 3.90. The standard InChI is InChI=1S/C17H27N3O/c1-14(2)17(21)19-10-9-18-16-8-11-20(13-16)12-15-6-4-3-5-7-15/h3-7,14,16,18H,8-13H2,1-2H3,(H,19,21). The number of rotatable bonds is 7. The van der Waals surface area contributed by atoms with Crippen molar-refractivity contribution in [3.8, 4) is 0 Å². The number of likely N-dealkylation sites (tertiary alicyclic amines) is 1. The summed E-state index contributed by atoms with van der Waals surface area (Å²) in [6.07, 6.45) is 1.19. The van der Waals surface area contributed by atoms with Crippen LogP contribution in [0.2, 0.25) is 0 Å². The molecule has 1 unspecified atom stereocenters. The maximum absolute atomic E-state index is 11.4. The SMILES string of the molecule is CC(C)C(=O)NCCNC1CCN(Cc2ccccc2)C1. The predicted octanol–water partition coefficient (Wildman–Crippen LogP) is 1.62. The number of amides is 1. The van der Waals surface area contributed by atoms with Gasteiger partial charge < -0.3 is 10.6 Å². The molecule has 1 saturated heterocycles. The molecule has 4 heteroatoms. The number of nitrogens with one attached hydrogen (secondary N) is 2. The first-order valence-electron chi connectivity index (χ1n) is 7.92. The van der Waals surface area contributed by atoms with Gasteiger partial charge in [-0.3, -0.25) is 9.69 Å². The summed E-state index contributed by atoms with van der Waals surface area (Å²) in [6.45, 7) is 8.66. The molecule has 1 aromatic carbocycles. The number of hydrogen-bond acceptors (Lipinski definition) is 3. The molecule has 1 atom stereocenters. The van der Waals surface area contributed by atoms with E-state index in [4.69, 9.17) is 0 Å². The minimum absolute atomic E-state index is 0.0674. The van der Waals surface area contributed by atoms with Crippen LogP contribution in [0.3, 0.4) is 0 Å². The summed E-state index contributed by atoms with van der Waals surface area (Å²) >= 11 is 0. The van der Waals surface area contributed by atoms with Crippen LogP contribution in [-0.4, -0.2) is 43.0 Å². The summed E-state index contributed by atoms with van der Waals surface area (Å²) in [7, 11) is 0. The van der Waals surface area contributed by atoms with E-state index in [0.717, 1.165) is 26.2 Å². The van der Waals surface area contributed by atoms with Crippen LogP contribution in [0.4, 0.5) is 0 Å². The number of nitrogens with zero attached hydrogens (tertiary/aromatic N) is 1. The summed E-state index contributed by atoms with van der Waals surface area (Å²) < 4.78 is 0. The van der Waals surface area contributed by atoms with Crippen molar-refractivity contribution in [2.75, 3.05) is 26.2 Å². The van der Waals surface area contributed by atoms with Gasteiger partial charge in [-0.15, -0.1) is 0 Å². The van der Waals surface area contributed by atoms with E-state index in [-0.39, 0.29) is 11.8 Å². The summed E-state index contributed by atoms with van der Waals surface area (Å²) in [5, 5.41) is 6.48. The van der Waals surface area contributed by atoms with Gasteiger partial charge in [-0.05, 0) is 12.0 Å². The summed E-state index contributed by atoms with van der Waals surface area (Å²) in [4.78, 5) is 13.9. The van der Waals surface area contributed by atoms with Gasteiger partial charge in [0.25, 0.3) is 0 Å². The Labute approximate surface area is 127 Å². The molecule has 1 fully saturated rings. The highest BCUT2D eigenvalue weighted by atomic mass is 16.1. The van der Waals surface area contributed by atoms with Gasteiger partial charge in [0.15, 0.2) is 0 Å². The zero-order valence-corrected chi connectivity index (χ0v) is 13.1. The second-order valence-electron chi connectivity index (χ2n) is 6.11. The van der Waals surface area contributed by atoms with E-state index in [0.29, 0.717) is 12.6 Å². The highest BCUT2D eigenvalue weighted by Gasteiger charge is 2.21. The molecule has 0 saturated carbocycles. The molecule has 1 amide bonds. The number of benzene rings is 1. The predicted molar refractivity (Wildman–Crippen MR) is 86.0 cm³/mol. The molecule has 4 nitrogen and oxygen atoms in total. The summed E-state index contributed by atoms with van der Waals surface area (Å²) in [5.41, 5.74) is 1.38. The minimum atomic E-state index is 0.0674. The van der Waals surface area contributed by atoms with Gasteiger partial charge in [0.2, 0.25) is 5.91 Å². The normalized spacial score (nSPS) is 19.1. The molecule has 0 spiro atoms. The molecular weight excluding hydrogens is 262 g/mol. The minimum Gasteiger partial charge on any atom is -0.355 e. The molecule has 1 heterocycles. The molecule has 1 aromatic rings. The van der Waals surface area contributed by atoms with Crippen molar-refractivity contribution in [1.29, 1.82) is 0 Å². The average molecular weight is 289 g/mol. The lowest BCUT2D eigenvalue weighted by molar-refractivity contribution is -0.123. The molecule has 0 aromatic heterocycles. The van der Waals surface area contributed by atoms with Crippen molar-refractivity contribution in [2.45, 2.75) is 32.9 Å². The van der Waals surface area contributed by atoms with Gasteiger partial charge in [-0.2, -0.15) is 0 Å². The van der Waals surface area contributed by atoms with Crippen molar-refractivity contribution >= 4 is 5.91 Å². The third kappa shape index (κ3) is 5.48. The van der Waals surface area contributed by atoms with E-state index in [9.17, 15) is 4.79 Å². The second-order valence-corrected chi connectivity index (χ2v) is 6.11. The Balaban J connectivity index is 1.61. The third-order valence-electron chi connectivity index (χ3n) is 3.90. The lowest BCUT2D eigenvalue weighted by Gasteiger charge is -2.17. The Morgan fingerprint density at radius 1 is 1.29 bits per heavy atom. The van der Waals surface area contributed by atoms with E-state index < -0.39 is 0 Å². The topological polar surface area (TPSA) is 44.4 Å². The van der Waals surface area contributed by atoms with E-state index in [1.54, 1.807) is 0 Å². The zero-order valence-electron chi connectivity index (χ0n) is 13.1. The summed E-state index contributed by atoms with van der Waals surface area (Å²) in [6, 6.07) is 11.2. The lowest BCUT2D eigenvalue weighted by atomic mass is 10.2. The quantitative estimate of drug-likeness (QED) is 0.750. The first-order chi connectivity index (χ1) is 10.1. The molecule has 0 aliphatic carbocycles. The number of hydrogen-bond donors (Lipinski definition) is 2. The van der Waals surface area contributed by atoms with Crippen LogP contribution in [0.1, 0.15) is 25.8 Å². The lowest BCUT2D eigenvalue weighted by Crippen LogP contribution is -2.39. The van der Waals surface area contributed by atoms with Crippen LogP contribution in [0.15, 0.2) is 30.3 Å². The highest BCUT2D eigenvalue weighted by Crippen LogP contribution is 2.13. The van der Waals surface area contributed by atoms with E-state index in [2.05, 4.69) is 45.9 Å². The Morgan fingerprint density at radius 3 is 2.76 bits per heavy atom. The first-order valence-corrected chi connectivity index (χ1v) is 7.92. The van der Waals surface area contributed by atoms with Crippen molar-refractivity contribution in [2.24, 2.45) is 5.92 Å². The van der Waals surface area contributed by atoms with E-state index in [1.807, 2.05) is 13.8 Å². The van der Waals surface area contributed by atoms with Gasteiger partial charge >= 0.3 is 0 Å². The largest absolute Gasteiger partial charge is 0.355 e. The second kappa shape index (κ2) is 8.15. The Hall–Kier alpha value is -1.39. The van der Waals surface area contributed by atoms with E-state index in [1.165, 1.54) is 12.0 Å². The Kier molecular flexibility index (Phi) is 6.21. The fourth-order valence-electron chi connectivity index (χ4n) is 2.65.